The van der Waals surface area contributed by atoms with Crippen molar-refractivity contribution in [3.05, 3.63) is 126 Å². The highest BCUT2D eigenvalue weighted by Gasteiger charge is 2.22. The summed E-state index contributed by atoms with van der Waals surface area (Å²) in [6.07, 6.45) is 1.21. The molecule has 5 rings (SSSR count). The smallest absolute Gasteiger partial charge is 0.418 e. The van der Waals surface area contributed by atoms with Gasteiger partial charge in [0.1, 0.15) is 30.3 Å². The van der Waals surface area contributed by atoms with Crippen molar-refractivity contribution >= 4 is 28.6 Å². The highest BCUT2D eigenvalue weighted by molar-refractivity contribution is 6.07. The third-order valence-corrected chi connectivity index (χ3v) is 6.99. The van der Waals surface area contributed by atoms with Crippen LogP contribution in [-0.2, 0) is 18.0 Å². The van der Waals surface area contributed by atoms with E-state index in [1.165, 1.54) is 4.57 Å². The molecule has 44 heavy (non-hydrogen) atoms. The van der Waals surface area contributed by atoms with Crippen LogP contribution in [0.5, 0.6) is 11.5 Å². The third-order valence-electron chi connectivity index (χ3n) is 6.99. The molecule has 1 N–H and O–H groups in total. The fourth-order valence-electron chi connectivity index (χ4n) is 4.81. The van der Waals surface area contributed by atoms with Crippen LogP contribution in [-0.4, -0.2) is 22.2 Å². The number of anilines is 1. The molecule has 226 valence electrons. The van der Waals surface area contributed by atoms with Gasteiger partial charge in [0, 0.05) is 23.3 Å². The van der Waals surface area contributed by atoms with Crippen LogP contribution in [0.2, 0.25) is 0 Å². The number of hydrogen-bond acceptors (Lipinski definition) is 5. The topological polar surface area (TPSA) is 78.8 Å². The number of aromatic nitrogens is 1. The molecule has 0 aliphatic carbocycles. The Hall–Kier alpha value is -5.04. The van der Waals surface area contributed by atoms with Gasteiger partial charge in [-0.2, -0.15) is 0 Å². The average Bonchev–Trinajstić information content (AvgIpc) is 3.42. The second kappa shape index (κ2) is 13.1. The van der Waals surface area contributed by atoms with Crippen molar-refractivity contribution in [3.63, 3.8) is 0 Å². The Labute approximate surface area is 258 Å². The van der Waals surface area contributed by atoms with Gasteiger partial charge in [0.15, 0.2) is 0 Å². The Bertz CT molecular complexity index is 1750. The van der Waals surface area contributed by atoms with E-state index < -0.39 is 11.7 Å². The summed E-state index contributed by atoms with van der Waals surface area (Å²) in [6.45, 7) is 10.3. The van der Waals surface area contributed by atoms with Crippen LogP contribution in [0, 0.1) is 0 Å². The molecule has 5 aromatic rings. The Morgan fingerprint density at radius 2 is 1.39 bits per heavy atom. The lowest BCUT2D eigenvalue weighted by Gasteiger charge is -2.20. The molecule has 0 aliphatic rings. The molecule has 1 amide bonds. The Kier molecular flexibility index (Phi) is 9.04. The zero-order chi connectivity index (χ0) is 31.3. The van der Waals surface area contributed by atoms with E-state index in [0.717, 1.165) is 22.1 Å². The van der Waals surface area contributed by atoms with E-state index in [0.29, 0.717) is 41.5 Å². The van der Waals surface area contributed by atoms with Crippen LogP contribution in [0.3, 0.4) is 0 Å². The van der Waals surface area contributed by atoms with Crippen LogP contribution in [0.4, 0.5) is 10.5 Å². The number of carbonyl (C=O) groups excluding carboxylic acids is 2. The third kappa shape index (κ3) is 7.48. The first-order valence-electron chi connectivity index (χ1n) is 14.7. The SMILES string of the molecule is CC(C)c1cc(C(=O)Nc2ccc3c(ccn3C(=O)OC(C)(C)C)c2)c(OCc2ccccc2)cc1OCc1ccccc1. The molecule has 7 nitrogen and oxygen atoms in total. The Morgan fingerprint density at radius 3 is 1.98 bits per heavy atom. The number of hydrogen-bond donors (Lipinski definition) is 1. The normalized spacial score (nSPS) is 11.4. The molecule has 1 aromatic heterocycles. The van der Waals surface area contributed by atoms with Crippen LogP contribution >= 0.6 is 0 Å². The Morgan fingerprint density at radius 1 is 0.773 bits per heavy atom. The lowest BCUT2D eigenvalue weighted by Crippen LogP contribution is -2.26. The summed E-state index contributed by atoms with van der Waals surface area (Å²) < 4.78 is 19.5. The molecule has 1 heterocycles. The first-order valence-corrected chi connectivity index (χ1v) is 14.7. The van der Waals surface area contributed by atoms with E-state index in [1.54, 1.807) is 18.3 Å². The summed E-state index contributed by atoms with van der Waals surface area (Å²) in [6, 6.07) is 30.7. The van der Waals surface area contributed by atoms with Gasteiger partial charge < -0.3 is 19.5 Å². The summed E-state index contributed by atoms with van der Waals surface area (Å²) in [5.74, 6) is 0.888. The van der Waals surface area contributed by atoms with Gasteiger partial charge in [-0.1, -0.05) is 74.5 Å². The molecule has 0 radical (unpaired) electrons. The summed E-state index contributed by atoms with van der Waals surface area (Å²) in [5.41, 5.74) is 4.01. The first-order chi connectivity index (χ1) is 21.1. The fraction of sp³-hybridized carbons (Fsp3) is 0.243. The van der Waals surface area contributed by atoms with Gasteiger partial charge >= 0.3 is 6.09 Å². The maximum atomic E-state index is 13.8. The molecule has 0 bridgehead atoms. The van der Waals surface area contributed by atoms with Crippen LogP contribution in [0.1, 0.15) is 67.6 Å². The number of amides is 1. The van der Waals surface area contributed by atoms with E-state index in [4.69, 9.17) is 14.2 Å². The summed E-state index contributed by atoms with van der Waals surface area (Å²) in [7, 11) is 0. The van der Waals surface area contributed by atoms with Gasteiger partial charge in [0.25, 0.3) is 5.91 Å². The van der Waals surface area contributed by atoms with Crippen molar-refractivity contribution in [2.45, 2.75) is 59.4 Å². The second-order valence-electron chi connectivity index (χ2n) is 12.0. The zero-order valence-corrected chi connectivity index (χ0v) is 25.8. The van der Waals surface area contributed by atoms with Gasteiger partial charge in [0.05, 0.1) is 11.1 Å². The predicted molar refractivity (Wildman–Crippen MR) is 174 cm³/mol. The van der Waals surface area contributed by atoms with Crippen molar-refractivity contribution in [3.8, 4) is 11.5 Å². The van der Waals surface area contributed by atoms with E-state index in [1.807, 2.05) is 106 Å². The molecule has 0 unspecified atom stereocenters. The van der Waals surface area contributed by atoms with Crippen molar-refractivity contribution in [1.29, 1.82) is 0 Å². The largest absolute Gasteiger partial charge is 0.488 e. The summed E-state index contributed by atoms with van der Waals surface area (Å²) in [5, 5.41) is 3.82. The standard InChI is InChI=1S/C37H38N2O5/c1-25(2)30-21-31(35(40)38-29-16-17-32-28(20-29)18-19-39(32)36(41)44-37(3,4)5)34(43-24-27-14-10-7-11-15-27)22-33(30)42-23-26-12-8-6-9-13-26/h6-22,25H,23-24H2,1-5H3,(H,38,40). The quantitative estimate of drug-likeness (QED) is 0.185. The monoisotopic (exact) mass is 590 g/mol. The van der Waals surface area contributed by atoms with Gasteiger partial charge in [-0.25, -0.2) is 4.79 Å². The van der Waals surface area contributed by atoms with E-state index in [9.17, 15) is 9.59 Å². The van der Waals surface area contributed by atoms with Gasteiger partial charge in [-0.3, -0.25) is 9.36 Å². The van der Waals surface area contributed by atoms with Crippen LogP contribution in [0.15, 0.2) is 103 Å². The molecule has 0 saturated heterocycles. The number of nitrogens with one attached hydrogen (secondary N) is 1. The lowest BCUT2D eigenvalue weighted by atomic mass is 9.98. The number of nitrogens with zero attached hydrogens (tertiary/aromatic N) is 1. The minimum atomic E-state index is -0.612. The van der Waals surface area contributed by atoms with Crippen LogP contribution in [0.25, 0.3) is 10.9 Å². The van der Waals surface area contributed by atoms with Gasteiger partial charge in [-0.05, 0) is 73.7 Å². The molecule has 0 aliphatic heterocycles. The van der Waals surface area contributed by atoms with E-state index in [2.05, 4.69) is 19.2 Å². The maximum absolute atomic E-state index is 13.8. The highest BCUT2D eigenvalue weighted by Crippen LogP contribution is 2.35. The molecule has 0 atom stereocenters. The van der Waals surface area contributed by atoms with Crippen molar-refractivity contribution in [2.75, 3.05) is 5.32 Å². The molecular formula is C37H38N2O5. The minimum Gasteiger partial charge on any atom is -0.488 e. The average molecular weight is 591 g/mol. The molecule has 4 aromatic carbocycles. The maximum Gasteiger partial charge on any atom is 0.418 e. The minimum absolute atomic E-state index is 0.0967. The predicted octanol–water partition coefficient (Wildman–Crippen LogP) is 8.96. The molecule has 0 saturated carbocycles. The number of rotatable bonds is 9. The summed E-state index contributed by atoms with van der Waals surface area (Å²) >= 11 is 0. The Balaban J connectivity index is 1.44. The van der Waals surface area contributed by atoms with Crippen LogP contribution < -0.4 is 14.8 Å². The number of fused-ring (bicyclic) bond motifs is 1. The fourth-order valence-corrected chi connectivity index (χ4v) is 4.81. The number of carbonyl (C=O) groups is 2. The van der Waals surface area contributed by atoms with Crippen molar-refractivity contribution < 1.29 is 23.8 Å². The second-order valence-corrected chi connectivity index (χ2v) is 12.0. The van der Waals surface area contributed by atoms with Crippen molar-refractivity contribution in [1.82, 2.24) is 4.57 Å². The molecule has 0 fully saturated rings. The highest BCUT2D eigenvalue weighted by atomic mass is 16.6. The first kappa shape index (κ1) is 30.4. The van der Waals surface area contributed by atoms with Gasteiger partial charge in [0.2, 0.25) is 0 Å². The zero-order valence-electron chi connectivity index (χ0n) is 25.8. The van der Waals surface area contributed by atoms with E-state index in [-0.39, 0.29) is 11.8 Å². The molecule has 0 spiro atoms. The summed E-state index contributed by atoms with van der Waals surface area (Å²) in [4.78, 5) is 26.5. The number of ether oxygens (including phenoxy) is 3. The van der Waals surface area contributed by atoms with Gasteiger partial charge in [-0.15, -0.1) is 0 Å². The lowest BCUT2D eigenvalue weighted by molar-refractivity contribution is 0.0544. The number of benzene rings is 4. The van der Waals surface area contributed by atoms with E-state index >= 15 is 0 Å². The van der Waals surface area contributed by atoms with Crippen molar-refractivity contribution in [2.24, 2.45) is 0 Å². The molecular weight excluding hydrogens is 552 g/mol. The molecule has 7 heteroatoms.